The Hall–Kier alpha value is -1.06. The van der Waals surface area contributed by atoms with Gasteiger partial charge < -0.3 is 15.2 Å². The van der Waals surface area contributed by atoms with Gasteiger partial charge in [0.05, 0.1) is 0 Å². The van der Waals surface area contributed by atoms with Crippen molar-refractivity contribution in [3.8, 4) is 0 Å². The maximum absolute atomic E-state index is 11.5. The van der Waals surface area contributed by atoms with Gasteiger partial charge in [-0.3, -0.25) is 4.79 Å². The van der Waals surface area contributed by atoms with Crippen LogP contribution in [-0.2, 0) is 9.59 Å². The lowest BCUT2D eigenvalue weighted by atomic mass is 9.47. The fourth-order valence-corrected chi connectivity index (χ4v) is 5.02. The zero-order chi connectivity index (χ0) is 12.3. The van der Waals surface area contributed by atoms with Gasteiger partial charge in [0.2, 0.25) is 5.91 Å². The van der Waals surface area contributed by atoms with Crippen LogP contribution in [0.5, 0.6) is 0 Å². The minimum atomic E-state index is -0.902. The molecule has 4 saturated carbocycles. The Morgan fingerprint density at radius 1 is 1.18 bits per heavy atom. The van der Waals surface area contributed by atoms with Gasteiger partial charge in [0, 0.05) is 23.8 Å². The molecule has 0 spiro atoms. The van der Waals surface area contributed by atoms with Crippen LogP contribution >= 0.6 is 0 Å². The van der Waals surface area contributed by atoms with Crippen LogP contribution < -0.4 is 10.4 Å². The zero-order valence-corrected chi connectivity index (χ0v) is 10.1. The highest BCUT2D eigenvalue weighted by Gasteiger charge is 2.58. The quantitative estimate of drug-likeness (QED) is 0.745. The second-order valence-electron chi connectivity index (χ2n) is 6.49. The van der Waals surface area contributed by atoms with Gasteiger partial charge in [-0.2, -0.15) is 0 Å². The number of carbonyl (C=O) groups is 2. The van der Waals surface area contributed by atoms with E-state index < -0.39 is 11.4 Å². The highest BCUT2D eigenvalue weighted by atomic mass is 16.4. The molecule has 4 fully saturated rings. The van der Waals surface area contributed by atoms with E-state index >= 15 is 0 Å². The lowest BCUT2D eigenvalue weighted by Crippen LogP contribution is -2.66. The van der Waals surface area contributed by atoms with Crippen LogP contribution in [0.2, 0.25) is 0 Å². The summed E-state index contributed by atoms with van der Waals surface area (Å²) < 4.78 is 0. The second kappa shape index (κ2) is 3.24. The summed E-state index contributed by atoms with van der Waals surface area (Å²) in [4.78, 5) is 22.8. The Bertz CT molecular complexity index is 376. The molecule has 0 aromatic heterocycles. The summed E-state index contributed by atoms with van der Waals surface area (Å²) in [6.45, 7) is 1.52. The minimum absolute atomic E-state index is 0.0413. The van der Waals surface area contributed by atoms with Crippen LogP contribution in [0.3, 0.4) is 0 Å². The van der Waals surface area contributed by atoms with E-state index in [1.807, 2.05) is 0 Å². The molecule has 0 heterocycles. The van der Waals surface area contributed by atoms with Crippen LogP contribution in [0.1, 0.15) is 45.4 Å². The van der Waals surface area contributed by atoms with Crippen molar-refractivity contribution in [1.82, 2.24) is 5.32 Å². The van der Waals surface area contributed by atoms with E-state index in [9.17, 15) is 14.7 Å². The number of amides is 1. The first kappa shape index (κ1) is 11.1. The predicted molar refractivity (Wildman–Crippen MR) is 58.7 cm³/mol. The molecule has 4 rings (SSSR count). The SMILES string of the molecule is CC(=O)NC12C[C@H]3C[C@H](C1)CC(C(=O)[O-])(C3)C2. The van der Waals surface area contributed by atoms with Gasteiger partial charge in [-0.1, -0.05) is 0 Å². The lowest BCUT2D eigenvalue weighted by Gasteiger charge is -2.62. The molecule has 0 unspecified atom stereocenters. The van der Waals surface area contributed by atoms with Crippen LogP contribution in [0.4, 0.5) is 0 Å². The van der Waals surface area contributed by atoms with Gasteiger partial charge in [-0.15, -0.1) is 0 Å². The van der Waals surface area contributed by atoms with Crippen LogP contribution in [0, 0.1) is 17.3 Å². The summed E-state index contributed by atoms with van der Waals surface area (Å²) in [5.74, 6) is -0.0243. The lowest BCUT2D eigenvalue weighted by molar-refractivity contribution is -0.327. The molecule has 4 aliphatic rings. The van der Waals surface area contributed by atoms with Crippen molar-refractivity contribution in [2.24, 2.45) is 17.3 Å². The first-order valence-electron chi connectivity index (χ1n) is 6.43. The summed E-state index contributed by atoms with van der Waals surface area (Å²) in [6.07, 6.45) is 5.14. The molecule has 4 nitrogen and oxygen atoms in total. The fraction of sp³-hybridized carbons (Fsp3) is 0.846. The van der Waals surface area contributed by atoms with Gasteiger partial charge in [0.25, 0.3) is 0 Å². The van der Waals surface area contributed by atoms with E-state index in [0.717, 1.165) is 32.1 Å². The Morgan fingerprint density at radius 3 is 2.24 bits per heavy atom. The predicted octanol–water partition coefficient (Wildman–Crippen LogP) is 0.211. The summed E-state index contributed by atoms with van der Waals surface area (Å²) >= 11 is 0. The molecule has 0 aliphatic heterocycles. The third-order valence-corrected chi connectivity index (χ3v) is 4.94. The van der Waals surface area contributed by atoms with Gasteiger partial charge in [0.15, 0.2) is 0 Å². The first-order chi connectivity index (χ1) is 7.93. The number of carboxylic acid groups (broad SMARTS) is 1. The fourth-order valence-electron chi connectivity index (χ4n) is 5.02. The number of carbonyl (C=O) groups excluding carboxylic acids is 2. The van der Waals surface area contributed by atoms with E-state index in [0.29, 0.717) is 18.3 Å². The number of aliphatic carboxylic acids is 1. The van der Waals surface area contributed by atoms with Crippen molar-refractivity contribution in [2.45, 2.75) is 51.0 Å². The van der Waals surface area contributed by atoms with Crippen molar-refractivity contribution in [3.05, 3.63) is 0 Å². The molecule has 0 radical (unpaired) electrons. The van der Waals surface area contributed by atoms with Crippen LogP contribution in [0.15, 0.2) is 0 Å². The van der Waals surface area contributed by atoms with Gasteiger partial charge in [0.1, 0.15) is 0 Å². The molecule has 1 N–H and O–H groups in total. The van der Waals surface area contributed by atoms with Crippen molar-refractivity contribution < 1.29 is 14.7 Å². The Labute approximate surface area is 101 Å². The van der Waals surface area contributed by atoms with E-state index in [1.54, 1.807) is 0 Å². The van der Waals surface area contributed by atoms with E-state index in [-0.39, 0.29) is 11.4 Å². The molecule has 0 aromatic carbocycles. The van der Waals surface area contributed by atoms with Crippen molar-refractivity contribution in [3.63, 3.8) is 0 Å². The highest BCUT2D eigenvalue weighted by molar-refractivity contribution is 5.76. The summed E-state index contributed by atoms with van der Waals surface area (Å²) in [5, 5.41) is 14.5. The molecule has 17 heavy (non-hydrogen) atoms. The molecule has 4 aliphatic carbocycles. The van der Waals surface area contributed by atoms with Gasteiger partial charge in [-0.25, -0.2) is 0 Å². The first-order valence-corrected chi connectivity index (χ1v) is 6.43. The number of carboxylic acids is 1. The summed E-state index contributed by atoms with van der Waals surface area (Å²) in [6, 6.07) is 0. The van der Waals surface area contributed by atoms with Gasteiger partial charge >= 0.3 is 0 Å². The molecule has 4 heteroatoms. The number of hydrogen-bond acceptors (Lipinski definition) is 3. The standard InChI is InChI=1S/C13H19NO3/c1-8(15)14-13-5-9-2-10(6-13)4-12(3-9,7-13)11(16)17/h9-10H,2-7H2,1H3,(H,14,15)(H,16,17)/p-1/t9-,10-,12?,13?/m0/s1. The summed E-state index contributed by atoms with van der Waals surface area (Å²) in [5.41, 5.74) is -0.914. The maximum Gasteiger partial charge on any atom is 0.217 e. The zero-order valence-electron chi connectivity index (χ0n) is 10.1. The third kappa shape index (κ3) is 1.57. The van der Waals surface area contributed by atoms with Crippen LogP contribution in [-0.4, -0.2) is 17.4 Å². The van der Waals surface area contributed by atoms with Gasteiger partial charge in [-0.05, 0) is 50.4 Å². The Kier molecular flexibility index (Phi) is 2.11. The number of hydrogen-bond donors (Lipinski definition) is 1. The van der Waals surface area contributed by atoms with E-state index in [2.05, 4.69) is 5.32 Å². The number of rotatable bonds is 2. The maximum atomic E-state index is 11.5. The Morgan fingerprint density at radius 2 is 1.76 bits per heavy atom. The average molecular weight is 236 g/mol. The highest BCUT2D eigenvalue weighted by Crippen LogP contribution is 2.61. The van der Waals surface area contributed by atoms with Crippen molar-refractivity contribution in [2.75, 3.05) is 0 Å². The molecular formula is C13H18NO3-. The third-order valence-electron chi connectivity index (χ3n) is 4.94. The minimum Gasteiger partial charge on any atom is -0.550 e. The smallest absolute Gasteiger partial charge is 0.217 e. The molecule has 0 saturated heterocycles. The number of nitrogens with one attached hydrogen (secondary N) is 1. The average Bonchev–Trinajstić information content (AvgIpc) is 2.12. The molecule has 2 atom stereocenters. The van der Waals surface area contributed by atoms with Crippen molar-refractivity contribution >= 4 is 11.9 Å². The molecule has 4 bridgehead atoms. The monoisotopic (exact) mass is 236 g/mol. The second-order valence-corrected chi connectivity index (χ2v) is 6.49. The molecular weight excluding hydrogens is 218 g/mol. The molecule has 0 aromatic rings. The van der Waals surface area contributed by atoms with Crippen LogP contribution in [0.25, 0.3) is 0 Å². The molecule has 1 amide bonds. The normalized spacial score (nSPS) is 46.9. The van der Waals surface area contributed by atoms with E-state index in [4.69, 9.17) is 0 Å². The van der Waals surface area contributed by atoms with Crippen molar-refractivity contribution in [1.29, 1.82) is 0 Å². The summed E-state index contributed by atoms with van der Waals surface area (Å²) in [7, 11) is 0. The topological polar surface area (TPSA) is 69.2 Å². The molecule has 94 valence electrons. The largest absolute Gasteiger partial charge is 0.550 e. The van der Waals surface area contributed by atoms with E-state index in [1.165, 1.54) is 6.92 Å². The Balaban J connectivity index is 1.94.